The molecule has 2 aromatic rings. The second-order valence-corrected chi connectivity index (χ2v) is 9.20. The quantitative estimate of drug-likeness (QED) is 0.641. The number of hydrogen-bond donors (Lipinski definition) is 1. The van der Waals surface area contributed by atoms with Crippen LogP contribution >= 0.6 is 11.6 Å². The fourth-order valence-corrected chi connectivity index (χ4v) is 4.28. The minimum absolute atomic E-state index is 0.0950. The summed E-state index contributed by atoms with van der Waals surface area (Å²) in [5.41, 5.74) is -0.259. The number of halogens is 4. The molecule has 1 fully saturated rings. The van der Waals surface area contributed by atoms with Crippen molar-refractivity contribution in [3.63, 3.8) is 0 Å². The summed E-state index contributed by atoms with van der Waals surface area (Å²) in [6.45, 7) is 0.215. The lowest BCUT2D eigenvalue weighted by Gasteiger charge is -2.22. The molecule has 1 aliphatic carbocycles. The third-order valence-electron chi connectivity index (χ3n) is 4.69. The SMILES string of the molecule is O=C(CCNS(=O)(=O)c1ccc(Cl)c(C(F)(F)F)c1)N(Cc1ccccc1)C1CC1. The van der Waals surface area contributed by atoms with Crippen molar-refractivity contribution in [1.29, 1.82) is 0 Å². The number of nitrogens with one attached hydrogen (secondary N) is 1. The summed E-state index contributed by atoms with van der Waals surface area (Å²) in [6.07, 6.45) is -3.08. The van der Waals surface area contributed by atoms with Gasteiger partial charge in [0.15, 0.2) is 0 Å². The van der Waals surface area contributed by atoms with Gasteiger partial charge in [-0.25, -0.2) is 13.1 Å². The molecule has 0 heterocycles. The molecule has 0 radical (unpaired) electrons. The molecule has 1 amide bonds. The molecule has 1 N–H and O–H groups in total. The Morgan fingerprint density at radius 2 is 1.80 bits per heavy atom. The summed E-state index contributed by atoms with van der Waals surface area (Å²) in [5.74, 6) is -0.212. The standard InChI is InChI=1S/C20H20ClF3N2O3S/c21-18-9-8-16(12-17(18)20(22,23)24)30(28,29)25-11-10-19(27)26(15-6-7-15)13-14-4-2-1-3-5-14/h1-5,8-9,12,15,25H,6-7,10-11,13H2. The number of sulfonamides is 1. The molecule has 162 valence electrons. The van der Waals surface area contributed by atoms with Crippen LogP contribution in [0.15, 0.2) is 53.4 Å². The predicted octanol–water partition coefficient (Wildman–Crippen LogP) is 4.22. The van der Waals surface area contributed by atoms with Gasteiger partial charge in [-0.15, -0.1) is 0 Å². The first kappa shape index (κ1) is 22.6. The minimum atomic E-state index is -4.78. The minimum Gasteiger partial charge on any atom is -0.335 e. The molecule has 10 heteroatoms. The lowest BCUT2D eigenvalue weighted by atomic mass is 10.2. The zero-order valence-electron chi connectivity index (χ0n) is 15.8. The van der Waals surface area contributed by atoms with Gasteiger partial charge in [0, 0.05) is 25.6 Å². The monoisotopic (exact) mass is 460 g/mol. The Kier molecular flexibility index (Phi) is 6.74. The Morgan fingerprint density at radius 3 is 2.40 bits per heavy atom. The van der Waals surface area contributed by atoms with E-state index in [0.29, 0.717) is 12.6 Å². The second kappa shape index (κ2) is 8.95. The lowest BCUT2D eigenvalue weighted by Crippen LogP contribution is -2.35. The maximum atomic E-state index is 13.0. The van der Waals surface area contributed by atoms with E-state index in [-0.39, 0.29) is 24.9 Å². The van der Waals surface area contributed by atoms with Crippen LogP contribution in [-0.4, -0.2) is 31.8 Å². The summed E-state index contributed by atoms with van der Waals surface area (Å²) in [7, 11) is -4.22. The lowest BCUT2D eigenvalue weighted by molar-refractivity contribution is -0.137. The molecule has 0 saturated heterocycles. The average molecular weight is 461 g/mol. The molecular formula is C20H20ClF3N2O3S. The maximum Gasteiger partial charge on any atom is 0.417 e. The molecule has 30 heavy (non-hydrogen) atoms. The fraction of sp³-hybridized carbons (Fsp3) is 0.350. The van der Waals surface area contributed by atoms with Crippen LogP contribution in [0, 0.1) is 0 Å². The van der Waals surface area contributed by atoms with Crippen LogP contribution in [0.3, 0.4) is 0 Å². The smallest absolute Gasteiger partial charge is 0.335 e. The van der Waals surface area contributed by atoms with Gasteiger partial charge in [0.25, 0.3) is 0 Å². The van der Waals surface area contributed by atoms with Crippen LogP contribution in [0.1, 0.15) is 30.4 Å². The van der Waals surface area contributed by atoms with Gasteiger partial charge in [-0.05, 0) is 36.6 Å². The van der Waals surface area contributed by atoms with Crippen molar-refractivity contribution in [3.05, 3.63) is 64.7 Å². The number of carbonyl (C=O) groups is 1. The summed E-state index contributed by atoms with van der Waals surface area (Å²) >= 11 is 5.53. The van der Waals surface area contributed by atoms with Crippen molar-refractivity contribution < 1.29 is 26.4 Å². The first-order chi connectivity index (χ1) is 14.1. The van der Waals surface area contributed by atoms with E-state index in [1.165, 1.54) is 0 Å². The van der Waals surface area contributed by atoms with Gasteiger partial charge in [-0.3, -0.25) is 4.79 Å². The molecule has 0 aliphatic heterocycles. The molecule has 0 bridgehead atoms. The summed E-state index contributed by atoms with van der Waals surface area (Å²) in [6, 6.07) is 11.9. The number of amides is 1. The van der Waals surface area contributed by atoms with Gasteiger partial charge in [0.2, 0.25) is 15.9 Å². The van der Waals surface area contributed by atoms with E-state index in [1.54, 1.807) is 4.90 Å². The molecule has 0 atom stereocenters. The van der Waals surface area contributed by atoms with Crippen LogP contribution in [-0.2, 0) is 27.5 Å². The summed E-state index contributed by atoms with van der Waals surface area (Å²) < 4.78 is 65.8. The Labute approximate surface area is 177 Å². The van der Waals surface area contributed by atoms with Gasteiger partial charge < -0.3 is 4.90 Å². The van der Waals surface area contributed by atoms with Gasteiger partial charge in [-0.1, -0.05) is 41.9 Å². The highest BCUT2D eigenvalue weighted by Gasteiger charge is 2.35. The van der Waals surface area contributed by atoms with Crippen LogP contribution in [0.2, 0.25) is 5.02 Å². The number of benzene rings is 2. The van der Waals surface area contributed by atoms with E-state index in [2.05, 4.69) is 4.72 Å². The Morgan fingerprint density at radius 1 is 1.13 bits per heavy atom. The fourth-order valence-electron chi connectivity index (χ4n) is 3.00. The van der Waals surface area contributed by atoms with E-state index < -0.39 is 31.7 Å². The highest BCUT2D eigenvalue weighted by molar-refractivity contribution is 7.89. The second-order valence-electron chi connectivity index (χ2n) is 7.03. The number of nitrogens with zero attached hydrogens (tertiary/aromatic N) is 1. The number of hydrogen-bond acceptors (Lipinski definition) is 3. The molecule has 0 spiro atoms. The third kappa shape index (κ3) is 5.74. The first-order valence-corrected chi connectivity index (χ1v) is 11.1. The van der Waals surface area contributed by atoms with Crippen molar-refractivity contribution in [2.45, 2.75) is 42.9 Å². The predicted molar refractivity (Wildman–Crippen MR) is 106 cm³/mol. The maximum absolute atomic E-state index is 13.0. The molecule has 0 unspecified atom stereocenters. The Hall–Kier alpha value is -2.10. The summed E-state index contributed by atoms with van der Waals surface area (Å²) in [5, 5.41) is -0.586. The number of rotatable bonds is 8. The van der Waals surface area contributed by atoms with Gasteiger partial charge in [0.1, 0.15) is 0 Å². The molecule has 1 aliphatic rings. The Bertz CT molecular complexity index is 1010. The van der Waals surface area contributed by atoms with E-state index in [1.807, 2.05) is 30.3 Å². The van der Waals surface area contributed by atoms with E-state index in [0.717, 1.165) is 30.5 Å². The van der Waals surface area contributed by atoms with Crippen molar-refractivity contribution >= 4 is 27.5 Å². The van der Waals surface area contributed by atoms with E-state index in [4.69, 9.17) is 11.6 Å². The number of carbonyl (C=O) groups excluding carboxylic acids is 1. The van der Waals surface area contributed by atoms with E-state index in [9.17, 15) is 26.4 Å². The van der Waals surface area contributed by atoms with E-state index >= 15 is 0 Å². The highest BCUT2D eigenvalue weighted by atomic mass is 35.5. The highest BCUT2D eigenvalue weighted by Crippen LogP contribution is 2.36. The van der Waals surface area contributed by atoms with Crippen LogP contribution in [0.25, 0.3) is 0 Å². The largest absolute Gasteiger partial charge is 0.417 e. The first-order valence-electron chi connectivity index (χ1n) is 9.28. The molecule has 1 saturated carbocycles. The van der Waals surface area contributed by atoms with Crippen molar-refractivity contribution in [1.82, 2.24) is 9.62 Å². The Balaban J connectivity index is 1.62. The number of alkyl halides is 3. The van der Waals surface area contributed by atoms with Crippen molar-refractivity contribution in [2.24, 2.45) is 0 Å². The zero-order valence-corrected chi connectivity index (χ0v) is 17.4. The third-order valence-corrected chi connectivity index (χ3v) is 6.48. The molecule has 2 aromatic carbocycles. The van der Waals surface area contributed by atoms with Crippen LogP contribution < -0.4 is 4.72 Å². The molecular weight excluding hydrogens is 441 g/mol. The average Bonchev–Trinajstić information content (AvgIpc) is 3.51. The van der Waals surface area contributed by atoms with Crippen molar-refractivity contribution in [2.75, 3.05) is 6.54 Å². The molecule has 5 nitrogen and oxygen atoms in total. The normalized spacial score (nSPS) is 14.5. The van der Waals surface area contributed by atoms with Gasteiger partial charge in [0.05, 0.1) is 15.5 Å². The van der Waals surface area contributed by atoms with Gasteiger partial charge in [-0.2, -0.15) is 13.2 Å². The zero-order chi connectivity index (χ0) is 21.9. The summed E-state index contributed by atoms with van der Waals surface area (Å²) in [4.78, 5) is 13.8. The van der Waals surface area contributed by atoms with Gasteiger partial charge >= 0.3 is 6.18 Å². The van der Waals surface area contributed by atoms with Crippen LogP contribution in [0.4, 0.5) is 13.2 Å². The van der Waals surface area contributed by atoms with Crippen LogP contribution in [0.5, 0.6) is 0 Å². The van der Waals surface area contributed by atoms with Crippen molar-refractivity contribution in [3.8, 4) is 0 Å². The molecule has 3 rings (SSSR count). The molecule has 0 aromatic heterocycles. The topological polar surface area (TPSA) is 66.5 Å².